The number of ether oxygens (including phenoxy) is 1. The van der Waals surface area contributed by atoms with Crippen molar-refractivity contribution >= 4 is 23.2 Å². The molecular formula is C15H23N3O3S. The molecule has 2 amide bonds. The maximum Gasteiger partial charge on any atom is 0.261 e. The predicted octanol–water partition coefficient (Wildman–Crippen LogP) is 0.705. The van der Waals surface area contributed by atoms with Crippen molar-refractivity contribution in [3.8, 4) is 0 Å². The molecule has 22 heavy (non-hydrogen) atoms. The normalized spacial score (nSPS) is 17.0. The van der Waals surface area contributed by atoms with Crippen LogP contribution in [0.1, 0.15) is 23.0 Å². The Balaban J connectivity index is 1.60. The van der Waals surface area contributed by atoms with E-state index in [1.165, 1.54) is 11.3 Å². The minimum Gasteiger partial charge on any atom is -0.379 e. The maximum atomic E-state index is 11.9. The molecule has 0 radical (unpaired) electrons. The standard InChI is InChI=1S/C15H23N3O3S/c1-12(17-15(20)13-4-2-11-22-13)14(19)16-5-3-6-18-7-9-21-10-8-18/h2,4,11-12H,3,5-10H2,1H3,(H,16,19)(H,17,20). The zero-order chi connectivity index (χ0) is 15.8. The van der Waals surface area contributed by atoms with E-state index < -0.39 is 6.04 Å². The second-order valence-electron chi connectivity index (χ2n) is 5.27. The van der Waals surface area contributed by atoms with E-state index >= 15 is 0 Å². The first-order valence-corrected chi connectivity index (χ1v) is 8.47. The third kappa shape index (κ3) is 5.40. The second kappa shape index (κ2) is 8.87. The fraction of sp³-hybridized carbons (Fsp3) is 0.600. The lowest BCUT2D eigenvalue weighted by Crippen LogP contribution is -2.45. The molecule has 1 saturated heterocycles. The summed E-state index contributed by atoms with van der Waals surface area (Å²) in [7, 11) is 0. The highest BCUT2D eigenvalue weighted by Crippen LogP contribution is 2.08. The van der Waals surface area contributed by atoms with E-state index in [1.54, 1.807) is 13.0 Å². The first-order valence-electron chi connectivity index (χ1n) is 7.59. The molecule has 2 heterocycles. The zero-order valence-electron chi connectivity index (χ0n) is 12.8. The number of amides is 2. The summed E-state index contributed by atoms with van der Waals surface area (Å²) >= 11 is 1.36. The molecule has 0 saturated carbocycles. The quantitative estimate of drug-likeness (QED) is 0.724. The lowest BCUT2D eigenvalue weighted by atomic mass is 10.3. The van der Waals surface area contributed by atoms with Gasteiger partial charge in [0.15, 0.2) is 0 Å². The number of morpholine rings is 1. The van der Waals surface area contributed by atoms with Crippen molar-refractivity contribution in [2.75, 3.05) is 39.4 Å². The average molecular weight is 325 g/mol. The number of hydrogen-bond donors (Lipinski definition) is 2. The van der Waals surface area contributed by atoms with Gasteiger partial charge in [-0.15, -0.1) is 11.3 Å². The fourth-order valence-electron chi connectivity index (χ4n) is 2.23. The van der Waals surface area contributed by atoms with Gasteiger partial charge in [0.2, 0.25) is 5.91 Å². The van der Waals surface area contributed by atoms with Gasteiger partial charge in [-0.25, -0.2) is 0 Å². The molecule has 2 N–H and O–H groups in total. The van der Waals surface area contributed by atoms with Crippen LogP contribution in [0.5, 0.6) is 0 Å². The summed E-state index contributed by atoms with van der Waals surface area (Å²) in [4.78, 5) is 26.7. The Bertz CT molecular complexity index is 472. The summed E-state index contributed by atoms with van der Waals surface area (Å²) in [5, 5.41) is 7.41. The number of nitrogens with one attached hydrogen (secondary N) is 2. The van der Waals surface area contributed by atoms with Crippen LogP contribution >= 0.6 is 11.3 Å². The smallest absolute Gasteiger partial charge is 0.261 e. The van der Waals surface area contributed by atoms with Crippen LogP contribution in [-0.2, 0) is 9.53 Å². The topological polar surface area (TPSA) is 70.7 Å². The Hall–Kier alpha value is -1.44. The molecule has 1 unspecified atom stereocenters. The Labute approximate surface area is 134 Å². The number of carbonyl (C=O) groups is 2. The van der Waals surface area contributed by atoms with Crippen molar-refractivity contribution in [3.05, 3.63) is 22.4 Å². The van der Waals surface area contributed by atoms with Crippen LogP contribution in [0.25, 0.3) is 0 Å². The molecule has 1 atom stereocenters. The van der Waals surface area contributed by atoms with Crippen LogP contribution in [-0.4, -0.2) is 62.1 Å². The van der Waals surface area contributed by atoms with Crippen molar-refractivity contribution in [3.63, 3.8) is 0 Å². The number of rotatable bonds is 7. The first-order chi connectivity index (χ1) is 10.7. The van der Waals surface area contributed by atoms with E-state index in [0.717, 1.165) is 39.3 Å². The average Bonchev–Trinajstić information content (AvgIpc) is 3.07. The lowest BCUT2D eigenvalue weighted by Gasteiger charge is -2.26. The van der Waals surface area contributed by atoms with Crippen molar-refractivity contribution in [1.29, 1.82) is 0 Å². The Morgan fingerprint density at radius 3 is 2.86 bits per heavy atom. The third-order valence-electron chi connectivity index (χ3n) is 3.54. The summed E-state index contributed by atoms with van der Waals surface area (Å²) in [6, 6.07) is 3.03. The highest BCUT2D eigenvalue weighted by atomic mass is 32.1. The van der Waals surface area contributed by atoms with E-state index in [1.807, 2.05) is 11.4 Å². The molecule has 1 aliphatic heterocycles. The van der Waals surface area contributed by atoms with Gasteiger partial charge in [-0.3, -0.25) is 14.5 Å². The first kappa shape index (κ1) is 16.9. The van der Waals surface area contributed by atoms with E-state index in [9.17, 15) is 9.59 Å². The van der Waals surface area contributed by atoms with E-state index in [4.69, 9.17) is 4.74 Å². The summed E-state index contributed by atoms with van der Waals surface area (Å²) < 4.78 is 5.29. The molecule has 0 spiro atoms. The van der Waals surface area contributed by atoms with Gasteiger partial charge in [0.1, 0.15) is 6.04 Å². The van der Waals surface area contributed by atoms with Gasteiger partial charge in [-0.1, -0.05) is 6.07 Å². The Morgan fingerprint density at radius 1 is 1.41 bits per heavy atom. The van der Waals surface area contributed by atoms with Crippen molar-refractivity contribution in [2.24, 2.45) is 0 Å². The molecule has 7 heteroatoms. The van der Waals surface area contributed by atoms with Crippen LogP contribution in [0.15, 0.2) is 17.5 Å². The van der Waals surface area contributed by atoms with Gasteiger partial charge in [0, 0.05) is 19.6 Å². The second-order valence-corrected chi connectivity index (χ2v) is 6.22. The zero-order valence-corrected chi connectivity index (χ0v) is 13.7. The van der Waals surface area contributed by atoms with Crippen LogP contribution < -0.4 is 10.6 Å². The summed E-state index contributed by atoms with van der Waals surface area (Å²) in [6.07, 6.45) is 0.900. The minimum atomic E-state index is -0.530. The van der Waals surface area contributed by atoms with Gasteiger partial charge in [-0.2, -0.15) is 0 Å². The van der Waals surface area contributed by atoms with Crippen LogP contribution in [0.2, 0.25) is 0 Å². The van der Waals surface area contributed by atoms with Crippen molar-refractivity contribution in [2.45, 2.75) is 19.4 Å². The molecular weight excluding hydrogens is 302 g/mol. The number of nitrogens with zero attached hydrogens (tertiary/aromatic N) is 1. The Kier molecular flexibility index (Phi) is 6.82. The minimum absolute atomic E-state index is 0.146. The van der Waals surface area contributed by atoms with Crippen molar-refractivity contribution in [1.82, 2.24) is 15.5 Å². The Morgan fingerprint density at radius 2 is 2.18 bits per heavy atom. The van der Waals surface area contributed by atoms with Gasteiger partial charge >= 0.3 is 0 Å². The summed E-state index contributed by atoms with van der Waals surface area (Å²) in [5.41, 5.74) is 0. The molecule has 6 nitrogen and oxygen atoms in total. The molecule has 1 aromatic rings. The van der Waals surface area contributed by atoms with E-state index in [2.05, 4.69) is 15.5 Å². The third-order valence-corrected chi connectivity index (χ3v) is 4.41. The van der Waals surface area contributed by atoms with Crippen molar-refractivity contribution < 1.29 is 14.3 Å². The molecule has 122 valence electrons. The largest absolute Gasteiger partial charge is 0.379 e. The lowest BCUT2D eigenvalue weighted by molar-refractivity contribution is -0.122. The van der Waals surface area contributed by atoms with Gasteiger partial charge < -0.3 is 15.4 Å². The fourth-order valence-corrected chi connectivity index (χ4v) is 2.86. The van der Waals surface area contributed by atoms with E-state index in [-0.39, 0.29) is 11.8 Å². The summed E-state index contributed by atoms with van der Waals surface area (Å²) in [5.74, 6) is -0.349. The maximum absolute atomic E-state index is 11.9. The van der Waals surface area contributed by atoms with Gasteiger partial charge in [0.25, 0.3) is 5.91 Å². The molecule has 1 aliphatic rings. The highest BCUT2D eigenvalue weighted by molar-refractivity contribution is 7.12. The number of thiophene rings is 1. The summed E-state index contributed by atoms with van der Waals surface area (Å²) in [6.45, 7) is 6.77. The molecule has 0 aromatic carbocycles. The molecule has 0 bridgehead atoms. The van der Waals surface area contributed by atoms with Gasteiger partial charge in [0.05, 0.1) is 18.1 Å². The monoisotopic (exact) mass is 325 g/mol. The highest BCUT2D eigenvalue weighted by Gasteiger charge is 2.17. The van der Waals surface area contributed by atoms with Crippen LogP contribution in [0.4, 0.5) is 0 Å². The van der Waals surface area contributed by atoms with Crippen LogP contribution in [0, 0.1) is 0 Å². The number of hydrogen-bond acceptors (Lipinski definition) is 5. The molecule has 0 aliphatic carbocycles. The van der Waals surface area contributed by atoms with E-state index in [0.29, 0.717) is 11.4 Å². The molecule has 1 aromatic heterocycles. The molecule has 2 rings (SSSR count). The number of carbonyl (C=O) groups excluding carboxylic acids is 2. The molecule has 1 fully saturated rings. The van der Waals surface area contributed by atoms with Crippen LogP contribution in [0.3, 0.4) is 0 Å². The SMILES string of the molecule is CC(NC(=O)c1cccs1)C(=O)NCCCN1CCOCC1. The van der Waals surface area contributed by atoms with Gasteiger partial charge in [-0.05, 0) is 31.3 Å². The predicted molar refractivity (Wildman–Crippen MR) is 86.1 cm³/mol.